The van der Waals surface area contributed by atoms with E-state index in [-0.39, 0.29) is 24.2 Å². The molecule has 1 aliphatic heterocycles. The van der Waals surface area contributed by atoms with E-state index in [9.17, 15) is 9.59 Å². The fourth-order valence-electron chi connectivity index (χ4n) is 4.79. The Kier molecular flexibility index (Phi) is 6.29. The molecule has 0 radical (unpaired) electrons. The molecule has 3 aromatic rings. The molecule has 1 saturated carbocycles. The van der Waals surface area contributed by atoms with Crippen molar-refractivity contribution in [2.45, 2.75) is 44.6 Å². The van der Waals surface area contributed by atoms with Crippen LogP contribution in [0, 0.1) is 5.92 Å². The average Bonchev–Trinajstić information content (AvgIpc) is 3.53. The van der Waals surface area contributed by atoms with Gasteiger partial charge in [-0.1, -0.05) is 24.4 Å². The Morgan fingerprint density at radius 3 is 2.44 bits per heavy atom. The van der Waals surface area contributed by atoms with E-state index in [1.165, 1.54) is 19.3 Å². The summed E-state index contributed by atoms with van der Waals surface area (Å²) in [6, 6.07) is 15.0. The Bertz CT molecular complexity index is 1150. The fraction of sp³-hybridized carbons (Fsp3) is 0.385. The smallest absolute Gasteiger partial charge is 0.258 e. The molecule has 8 nitrogen and oxygen atoms in total. The Hall–Kier alpha value is -3.68. The van der Waals surface area contributed by atoms with Crippen LogP contribution in [0.3, 0.4) is 0 Å². The van der Waals surface area contributed by atoms with Gasteiger partial charge in [-0.25, -0.2) is 0 Å². The van der Waals surface area contributed by atoms with Gasteiger partial charge in [0, 0.05) is 35.8 Å². The number of carbonyl (C=O) groups is 2. The molecule has 0 spiro atoms. The molecule has 1 aliphatic carbocycles. The third kappa shape index (κ3) is 4.66. The van der Waals surface area contributed by atoms with Crippen molar-refractivity contribution in [3.8, 4) is 28.6 Å². The van der Waals surface area contributed by atoms with E-state index in [0.717, 1.165) is 29.7 Å². The molecule has 176 valence electrons. The van der Waals surface area contributed by atoms with Gasteiger partial charge < -0.3 is 19.5 Å². The zero-order valence-corrected chi connectivity index (χ0v) is 19.2. The van der Waals surface area contributed by atoms with E-state index in [1.54, 1.807) is 19.2 Å². The number of likely N-dealkylation sites (tertiary alicyclic amines) is 1. The highest BCUT2D eigenvalue weighted by molar-refractivity contribution is 5.97. The summed E-state index contributed by atoms with van der Waals surface area (Å²) in [6.07, 6.45) is 5.97. The van der Waals surface area contributed by atoms with Crippen LogP contribution in [0.4, 0.5) is 5.69 Å². The summed E-state index contributed by atoms with van der Waals surface area (Å²) in [5, 5.41) is 7.01. The van der Waals surface area contributed by atoms with Crippen LogP contribution in [0.5, 0.6) is 5.75 Å². The summed E-state index contributed by atoms with van der Waals surface area (Å²) in [5.74, 6) is 1.33. The molecule has 2 heterocycles. The van der Waals surface area contributed by atoms with Crippen molar-refractivity contribution in [2.24, 2.45) is 5.92 Å². The van der Waals surface area contributed by atoms with Gasteiger partial charge in [-0.05, 0) is 61.4 Å². The number of amides is 2. The Labute approximate surface area is 198 Å². The van der Waals surface area contributed by atoms with Crippen molar-refractivity contribution < 1.29 is 18.8 Å². The van der Waals surface area contributed by atoms with Crippen LogP contribution in [0.2, 0.25) is 0 Å². The Morgan fingerprint density at radius 1 is 1.03 bits per heavy atom. The van der Waals surface area contributed by atoms with Crippen LogP contribution in [0.15, 0.2) is 53.1 Å². The maximum absolute atomic E-state index is 12.8. The number of nitrogens with zero attached hydrogens (tertiary/aromatic N) is 3. The van der Waals surface area contributed by atoms with Crippen LogP contribution < -0.4 is 10.1 Å². The maximum Gasteiger partial charge on any atom is 0.258 e. The summed E-state index contributed by atoms with van der Waals surface area (Å²) in [5.41, 5.74) is 2.25. The van der Waals surface area contributed by atoms with E-state index in [2.05, 4.69) is 15.5 Å². The third-order valence-electron chi connectivity index (χ3n) is 6.72. The largest absolute Gasteiger partial charge is 0.497 e. The van der Waals surface area contributed by atoms with Crippen LogP contribution >= 0.6 is 0 Å². The van der Waals surface area contributed by atoms with Gasteiger partial charge in [-0.3, -0.25) is 9.59 Å². The lowest BCUT2D eigenvalue weighted by molar-refractivity contribution is -0.130. The first-order chi connectivity index (χ1) is 16.6. The topological polar surface area (TPSA) is 97.6 Å². The van der Waals surface area contributed by atoms with Gasteiger partial charge in [0.05, 0.1) is 13.0 Å². The summed E-state index contributed by atoms with van der Waals surface area (Å²) in [6.45, 7) is 0.517. The lowest BCUT2D eigenvalue weighted by atomic mass is 9.94. The molecule has 2 aromatic carbocycles. The van der Waals surface area contributed by atoms with Crippen LogP contribution in [-0.4, -0.2) is 46.6 Å². The molecule has 2 amide bonds. The van der Waals surface area contributed by atoms with Crippen molar-refractivity contribution in [3.05, 3.63) is 48.5 Å². The summed E-state index contributed by atoms with van der Waals surface area (Å²) in [7, 11) is 1.62. The molecule has 34 heavy (non-hydrogen) atoms. The molecule has 1 saturated heterocycles. The highest BCUT2D eigenvalue weighted by Gasteiger charge is 2.38. The van der Waals surface area contributed by atoms with Crippen LogP contribution in [0.1, 0.15) is 38.5 Å². The number of ether oxygens (including phenoxy) is 1. The lowest BCUT2D eigenvalue weighted by Crippen LogP contribution is -2.38. The van der Waals surface area contributed by atoms with Gasteiger partial charge in [0.2, 0.25) is 17.6 Å². The number of hydrogen-bond donors (Lipinski definition) is 1. The minimum atomic E-state index is -0.308. The number of benzene rings is 2. The molecule has 1 aromatic heterocycles. The second kappa shape index (κ2) is 9.67. The SMILES string of the molecule is COc1ccc(-c2noc(-c3ccc(NC(=O)[C@H]4CC(=O)N(C5CCCCC5)C4)cc3)n2)cc1. The first kappa shape index (κ1) is 22.1. The highest BCUT2D eigenvalue weighted by Crippen LogP contribution is 2.30. The summed E-state index contributed by atoms with van der Waals surface area (Å²) >= 11 is 0. The van der Waals surface area contributed by atoms with Crippen molar-refractivity contribution in [3.63, 3.8) is 0 Å². The first-order valence-electron chi connectivity index (χ1n) is 11.8. The average molecular weight is 461 g/mol. The Morgan fingerprint density at radius 2 is 1.74 bits per heavy atom. The van der Waals surface area contributed by atoms with Crippen molar-refractivity contribution in [1.82, 2.24) is 15.0 Å². The minimum absolute atomic E-state index is 0.103. The minimum Gasteiger partial charge on any atom is -0.497 e. The fourth-order valence-corrected chi connectivity index (χ4v) is 4.79. The molecule has 1 atom stereocenters. The van der Waals surface area contributed by atoms with Gasteiger partial charge >= 0.3 is 0 Å². The third-order valence-corrected chi connectivity index (χ3v) is 6.72. The van der Waals surface area contributed by atoms with Gasteiger partial charge in [-0.15, -0.1) is 0 Å². The highest BCUT2D eigenvalue weighted by atomic mass is 16.5. The molecule has 2 fully saturated rings. The van der Waals surface area contributed by atoms with Gasteiger partial charge in [0.1, 0.15) is 5.75 Å². The van der Waals surface area contributed by atoms with E-state index < -0.39 is 0 Å². The molecular formula is C26H28N4O4. The maximum atomic E-state index is 12.8. The molecular weight excluding hydrogens is 432 g/mol. The molecule has 0 bridgehead atoms. The molecule has 8 heteroatoms. The molecule has 1 N–H and O–H groups in total. The quantitative estimate of drug-likeness (QED) is 0.580. The van der Waals surface area contributed by atoms with Crippen LogP contribution in [-0.2, 0) is 9.59 Å². The van der Waals surface area contributed by atoms with E-state index in [4.69, 9.17) is 9.26 Å². The van der Waals surface area contributed by atoms with E-state index in [0.29, 0.717) is 30.0 Å². The molecule has 0 unspecified atom stereocenters. The first-order valence-corrected chi connectivity index (χ1v) is 11.8. The number of hydrogen-bond acceptors (Lipinski definition) is 6. The summed E-state index contributed by atoms with van der Waals surface area (Å²) < 4.78 is 10.6. The molecule has 2 aliphatic rings. The Balaban J connectivity index is 1.20. The van der Waals surface area contributed by atoms with E-state index >= 15 is 0 Å². The van der Waals surface area contributed by atoms with Crippen molar-refractivity contribution >= 4 is 17.5 Å². The number of aromatic nitrogens is 2. The van der Waals surface area contributed by atoms with Crippen LogP contribution in [0.25, 0.3) is 22.8 Å². The van der Waals surface area contributed by atoms with Gasteiger partial charge in [0.25, 0.3) is 5.89 Å². The number of carbonyl (C=O) groups excluding carboxylic acids is 2. The van der Waals surface area contributed by atoms with Gasteiger partial charge in [-0.2, -0.15) is 4.98 Å². The summed E-state index contributed by atoms with van der Waals surface area (Å²) in [4.78, 5) is 31.7. The van der Waals surface area contributed by atoms with Crippen molar-refractivity contribution in [1.29, 1.82) is 0 Å². The normalized spacial score (nSPS) is 18.8. The number of anilines is 1. The predicted molar refractivity (Wildman–Crippen MR) is 127 cm³/mol. The van der Waals surface area contributed by atoms with E-state index in [1.807, 2.05) is 41.3 Å². The zero-order chi connectivity index (χ0) is 23.5. The van der Waals surface area contributed by atoms with Crippen molar-refractivity contribution in [2.75, 3.05) is 19.0 Å². The second-order valence-corrected chi connectivity index (χ2v) is 8.96. The molecule has 5 rings (SSSR count). The second-order valence-electron chi connectivity index (χ2n) is 8.96. The lowest BCUT2D eigenvalue weighted by Gasteiger charge is -2.31. The monoisotopic (exact) mass is 460 g/mol. The number of nitrogens with one attached hydrogen (secondary N) is 1. The number of methoxy groups -OCH3 is 1. The standard InChI is InChI=1S/C26H28N4O4/c1-33-22-13-9-17(10-14-22)24-28-26(34-29-24)18-7-11-20(12-8-18)27-25(32)19-15-23(31)30(16-19)21-5-3-2-4-6-21/h7-14,19,21H,2-6,15-16H2,1H3,(H,27,32)/t19-/m0/s1. The zero-order valence-electron chi connectivity index (χ0n) is 19.2. The number of rotatable bonds is 6. The van der Waals surface area contributed by atoms with Gasteiger partial charge in [0.15, 0.2) is 0 Å². The predicted octanol–water partition coefficient (Wildman–Crippen LogP) is 4.53.